The quantitative estimate of drug-likeness (QED) is 0.625. The number of hydrogen-bond acceptors (Lipinski definition) is 5. The lowest BCUT2D eigenvalue weighted by Crippen LogP contribution is -1.96. The lowest BCUT2D eigenvalue weighted by molar-refractivity contribution is -0.384. The zero-order valence-corrected chi connectivity index (χ0v) is 10.0. The molecule has 0 spiro atoms. The fraction of sp³-hybridized carbons (Fsp3) is 0.0833. The molecule has 0 aliphatic rings. The van der Waals surface area contributed by atoms with Crippen molar-refractivity contribution >= 4 is 17.0 Å². The molecular formula is C12H8N2O3S. The summed E-state index contributed by atoms with van der Waals surface area (Å²) in [5.41, 5.74) is 0.0516. The summed E-state index contributed by atoms with van der Waals surface area (Å²) in [4.78, 5) is 11.1. The summed E-state index contributed by atoms with van der Waals surface area (Å²) in [6.45, 7) is 0.351. The van der Waals surface area contributed by atoms with Gasteiger partial charge in [-0.1, -0.05) is 6.07 Å². The molecule has 0 aliphatic carbocycles. The molecule has 0 N–H and O–H groups in total. The first-order valence-electron chi connectivity index (χ1n) is 5.04. The van der Waals surface area contributed by atoms with Gasteiger partial charge in [-0.2, -0.15) is 5.26 Å². The van der Waals surface area contributed by atoms with E-state index in [1.807, 2.05) is 23.6 Å². The van der Waals surface area contributed by atoms with Crippen LogP contribution in [0, 0.1) is 21.4 Å². The number of benzene rings is 1. The van der Waals surface area contributed by atoms with E-state index in [2.05, 4.69) is 0 Å². The monoisotopic (exact) mass is 260 g/mol. The van der Waals surface area contributed by atoms with Gasteiger partial charge >= 0.3 is 0 Å². The molecule has 0 radical (unpaired) electrons. The SMILES string of the molecule is N#Cc1cc([N+](=O)[O-])ccc1OCc1cccs1. The van der Waals surface area contributed by atoms with E-state index in [9.17, 15) is 10.1 Å². The normalized spacial score (nSPS) is 9.72. The van der Waals surface area contributed by atoms with E-state index in [0.29, 0.717) is 12.4 Å². The Morgan fingerprint density at radius 1 is 1.44 bits per heavy atom. The van der Waals surface area contributed by atoms with Gasteiger partial charge in [0, 0.05) is 17.0 Å². The van der Waals surface area contributed by atoms with Gasteiger partial charge in [-0.05, 0) is 17.5 Å². The summed E-state index contributed by atoms with van der Waals surface area (Å²) in [5.74, 6) is 0.358. The van der Waals surface area contributed by atoms with Crippen LogP contribution in [0.3, 0.4) is 0 Å². The van der Waals surface area contributed by atoms with Gasteiger partial charge in [-0.15, -0.1) is 11.3 Å². The molecule has 0 aliphatic heterocycles. The fourth-order valence-corrected chi connectivity index (χ4v) is 2.00. The van der Waals surface area contributed by atoms with E-state index >= 15 is 0 Å². The maximum atomic E-state index is 10.6. The van der Waals surface area contributed by atoms with Crippen molar-refractivity contribution in [3.8, 4) is 11.8 Å². The minimum Gasteiger partial charge on any atom is -0.487 e. The lowest BCUT2D eigenvalue weighted by atomic mass is 10.2. The molecule has 1 heterocycles. The molecule has 0 fully saturated rings. The van der Waals surface area contributed by atoms with E-state index in [1.54, 1.807) is 11.3 Å². The molecule has 90 valence electrons. The van der Waals surface area contributed by atoms with Gasteiger partial charge in [0.1, 0.15) is 24.0 Å². The predicted octanol–water partition coefficient (Wildman–Crippen LogP) is 3.11. The van der Waals surface area contributed by atoms with E-state index in [4.69, 9.17) is 10.00 Å². The summed E-state index contributed by atoms with van der Waals surface area (Å²) in [6.07, 6.45) is 0. The summed E-state index contributed by atoms with van der Waals surface area (Å²) in [7, 11) is 0. The predicted molar refractivity (Wildman–Crippen MR) is 66.5 cm³/mol. The number of ether oxygens (including phenoxy) is 1. The highest BCUT2D eigenvalue weighted by molar-refractivity contribution is 7.09. The minimum atomic E-state index is -0.538. The average molecular weight is 260 g/mol. The number of nitro benzene ring substituents is 1. The number of nitro groups is 1. The van der Waals surface area contributed by atoms with Crippen molar-refractivity contribution in [3.63, 3.8) is 0 Å². The average Bonchev–Trinajstić information content (AvgIpc) is 2.89. The maximum Gasteiger partial charge on any atom is 0.271 e. The Hall–Kier alpha value is -2.39. The standard InChI is InChI=1S/C12H8N2O3S/c13-7-9-6-10(14(15)16)3-4-12(9)17-8-11-2-1-5-18-11/h1-6H,8H2. The van der Waals surface area contributed by atoms with E-state index in [0.717, 1.165) is 4.88 Å². The first-order chi connectivity index (χ1) is 8.70. The first-order valence-corrected chi connectivity index (χ1v) is 5.92. The van der Waals surface area contributed by atoms with Crippen LogP contribution >= 0.6 is 11.3 Å². The smallest absolute Gasteiger partial charge is 0.271 e. The molecule has 0 saturated carbocycles. The Kier molecular flexibility index (Phi) is 3.55. The van der Waals surface area contributed by atoms with Crippen LogP contribution in [-0.2, 0) is 6.61 Å². The van der Waals surface area contributed by atoms with Gasteiger partial charge in [0.25, 0.3) is 5.69 Å². The number of nitriles is 1. The van der Waals surface area contributed by atoms with Crippen molar-refractivity contribution in [3.05, 3.63) is 56.3 Å². The molecule has 1 aromatic carbocycles. The van der Waals surface area contributed by atoms with Crippen molar-refractivity contribution in [1.82, 2.24) is 0 Å². The molecule has 0 bridgehead atoms. The Bertz CT molecular complexity index is 602. The number of thiophene rings is 1. The molecule has 6 heteroatoms. The van der Waals surface area contributed by atoms with Crippen LogP contribution in [0.25, 0.3) is 0 Å². The highest BCUT2D eigenvalue weighted by atomic mass is 32.1. The largest absolute Gasteiger partial charge is 0.487 e. The fourth-order valence-electron chi connectivity index (χ4n) is 1.39. The lowest BCUT2D eigenvalue weighted by Gasteiger charge is -2.06. The molecule has 2 rings (SSSR count). The summed E-state index contributed by atoms with van der Waals surface area (Å²) in [5, 5.41) is 21.4. The van der Waals surface area contributed by atoms with Gasteiger partial charge in [0.2, 0.25) is 0 Å². The molecule has 0 atom stereocenters. The molecule has 0 amide bonds. The van der Waals surface area contributed by atoms with Gasteiger partial charge in [0.05, 0.1) is 4.92 Å². The van der Waals surface area contributed by atoms with Gasteiger partial charge in [-0.3, -0.25) is 10.1 Å². The summed E-state index contributed by atoms with van der Waals surface area (Å²) in [6, 6.07) is 9.71. The van der Waals surface area contributed by atoms with Crippen molar-refractivity contribution in [2.75, 3.05) is 0 Å². The minimum absolute atomic E-state index is 0.116. The van der Waals surface area contributed by atoms with Crippen LogP contribution in [-0.4, -0.2) is 4.92 Å². The Labute approximate surface area is 107 Å². The highest BCUT2D eigenvalue weighted by Crippen LogP contribution is 2.24. The van der Waals surface area contributed by atoms with E-state index in [1.165, 1.54) is 18.2 Å². The Balaban J connectivity index is 2.18. The molecule has 0 saturated heterocycles. The second-order valence-corrected chi connectivity index (χ2v) is 4.45. The van der Waals surface area contributed by atoms with Crippen molar-refractivity contribution in [1.29, 1.82) is 5.26 Å². The van der Waals surface area contributed by atoms with Crippen molar-refractivity contribution in [2.45, 2.75) is 6.61 Å². The molecule has 1 aromatic heterocycles. The Morgan fingerprint density at radius 2 is 2.28 bits per heavy atom. The number of rotatable bonds is 4. The number of non-ortho nitro benzene ring substituents is 1. The van der Waals surface area contributed by atoms with Crippen molar-refractivity contribution in [2.24, 2.45) is 0 Å². The number of hydrogen-bond donors (Lipinski definition) is 0. The van der Waals surface area contributed by atoms with Gasteiger partial charge < -0.3 is 4.74 Å². The second kappa shape index (κ2) is 5.29. The third kappa shape index (κ3) is 2.64. The third-order valence-corrected chi connectivity index (χ3v) is 3.09. The first kappa shape index (κ1) is 12.1. The van der Waals surface area contributed by atoms with Crippen LogP contribution in [0.15, 0.2) is 35.7 Å². The van der Waals surface area contributed by atoms with Crippen LogP contribution in [0.5, 0.6) is 5.75 Å². The van der Waals surface area contributed by atoms with E-state index < -0.39 is 4.92 Å². The van der Waals surface area contributed by atoms with Gasteiger partial charge in [-0.25, -0.2) is 0 Å². The molecule has 5 nitrogen and oxygen atoms in total. The molecule has 0 unspecified atom stereocenters. The van der Waals surface area contributed by atoms with Crippen LogP contribution in [0.2, 0.25) is 0 Å². The summed E-state index contributed by atoms with van der Waals surface area (Å²) < 4.78 is 5.47. The topological polar surface area (TPSA) is 76.2 Å². The Morgan fingerprint density at radius 3 is 2.89 bits per heavy atom. The van der Waals surface area contributed by atoms with Crippen LogP contribution in [0.1, 0.15) is 10.4 Å². The van der Waals surface area contributed by atoms with Crippen molar-refractivity contribution < 1.29 is 9.66 Å². The van der Waals surface area contributed by atoms with Gasteiger partial charge in [0.15, 0.2) is 0 Å². The van der Waals surface area contributed by atoms with Crippen LogP contribution < -0.4 is 4.74 Å². The molecule has 18 heavy (non-hydrogen) atoms. The van der Waals surface area contributed by atoms with Crippen LogP contribution in [0.4, 0.5) is 5.69 Å². The second-order valence-electron chi connectivity index (χ2n) is 3.42. The third-order valence-electron chi connectivity index (χ3n) is 2.24. The zero-order chi connectivity index (χ0) is 13.0. The number of nitrogens with zero attached hydrogens (tertiary/aromatic N) is 2. The van der Waals surface area contributed by atoms with E-state index in [-0.39, 0.29) is 11.3 Å². The zero-order valence-electron chi connectivity index (χ0n) is 9.20. The highest BCUT2D eigenvalue weighted by Gasteiger charge is 2.11. The molecule has 2 aromatic rings. The maximum absolute atomic E-state index is 10.6. The molecular weight excluding hydrogens is 252 g/mol. The summed E-state index contributed by atoms with van der Waals surface area (Å²) >= 11 is 1.55.